The molecule has 2 N–H and O–H groups in total. The molecule has 23 heavy (non-hydrogen) atoms. The van der Waals surface area contributed by atoms with Crippen LogP contribution in [0, 0.1) is 0 Å². The van der Waals surface area contributed by atoms with Crippen LogP contribution < -0.4 is 15.4 Å². The number of fused-ring (bicyclic) bond motifs is 1. The number of ether oxygens (including phenoxy) is 1. The number of rotatable bonds is 4. The van der Waals surface area contributed by atoms with Gasteiger partial charge in [-0.3, -0.25) is 4.79 Å². The Morgan fingerprint density at radius 3 is 2.57 bits per heavy atom. The minimum atomic E-state index is -0.175. The van der Waals surface area contributed by atoms with Gasteiger partial charge >= 0.3 is 0 Å². The molecule has 0 saturated heterocycles. The molecule has 2 unspecified atom stereocenters. The lowest BCUT2D eigenvalue weighted by Gasteiger charge is -2.26. The molecule has 2 aromatic rings. The quantitative estimate of drug-likeness (QED) is 0.912. The van der Waals surface area contributed by atoms with Crippen molar-refractivity contribution >= 4 is 5.91 Å². The van der Waals surface area contributed by atoms with Crippen molar-refractivity contribution in [2.45, 2.75) is 32.0 Å². The van der Waals surface area contributed by atoms with Gasteiger partial charge < -0.3 is 15.4 Å². The van der Waals surface area contributed by atoms with Crippen molar-refractivity contribution in [2.75, 3.05) is 7.11 Å². The van der Waals surface area contributed by atoms with E-state index in [-0.39, 0.29) is 18.0 Å². The van der Waals surface area contributed by atoms with Gasteiger partial charge in [0.2, 0.25) is 5.91 Å². The van der Waals surface area contributed by atoms with Crippen LogP contribution in [0.4, 0.5) is 0 Å². The van der Waals surface area contributed by atoms with Crippen molar-refractivity contribution in [3.05, 3.63) is 65.2 Å². The molecule has 4 nitrogen and oxygen atoms in total. The second-order valence-corrected chi connectivity index (χ2v) is 5.91. The van der Waals surface area contributed by atoms with Gasteiger partial charge in [-0.05, 0) is 42.2 Å². The first kappa shape index (κ1) is 15.6. The van der Waals surface area contributed by atoms with Crippen molar-refractivity contribution in [1.82, 2.24) is 10.6 Å². The standard InChI is InChI=1S/C19H22N2O2/c1-13(14-7-9-17(23-2)10-8-14)21-19(22)18-11-15-5-3-4-6-16(15)12-20-18/h3-10,13,18,20H,11-12H2,1-2H3,(H,21,22). The lowest BCUT2D eigenvalue weighted by molar-refractivity contribution is -0.124. The number of hydrogen-bond donors (Lipinski definition) is 2. The van der Waals surface area contributed by atoms with Crippen LogP contribution in [-0.4, -0.2) is 19.1 Å². The molecule has 1 heterocycles. The third-order valence-electron chi connectivity index (χ3n) is 4.37. The fourth-order valence-electron chi connectivity index (χ4n) is 2.93. The Bertz CT molecular complexity index is 682. The van der Waals surface area contributed by atoms with Crippen molar-refractivity contribution < 1.29 is 9.53 Å². The minimum Gasteiger partial charge on any atom is -0.497 e. The predicted octanol–water partition coefficient (Wildman–Crippen LogP) is 2.59. The summed E-state index contributed by atoms with van der Waals surface area (Å²) in [5.74, 6) is 0.862. The third-order valence-corrected chi connectivity index (χ3v) is 4.37. The second kappa shape index (κ2) is 6.84. The molecule has 0 fully saturated rings. The number of carbonyl (C=O) groups excluding carboxylic acids is 1. The largest absolute Gasteiger partial charge is 0.497 e. The normalized spacial score (nSPS) is 17.9. The molecule has 1 aliphatic heterocycles. The summed E-state index contributed by atoms with van der Waals surface area (Å²) in [5.41, 5.74) is 3.60. The maximum atomic E-state index is 12.5. The minimum absolute atomic E-state index is 0.0348. The van der Waals surface area contributed by atoms with E-state index >= 15 is 0 Å². The Balaban J connectivity index is 1.62. The fourth-order valence-corrected chi connectivity index (χ4v) is 2.93. The van der Waals surface area contributed by atoms with Gasteiger partial charge in [-0.25, -0.2) is 0 Å². The summed E-state index contributed by atoms with van der Waals surface area (Å²) in [4.78, 5) is 12.5. The van der Waals surface area contributed by atoms with Gasteiger partial charge in [0.15, 0.2) is 0 Å². The van der Waals surface area contributed by atoms with Crippen LogP contribution in [0.5, 0.6) is 5.75 Å². The highest BCUT2D eigenvalue weighted by Crippen LogP contribution is 2.19. The molecule has 3 rings (SSSR count). The first-order chi connectivity index (χ1) is 11.2. The second-order valence-electron chi connectivity index (χ2n) is 5.91. The average molecular weight is 310 g/mol. The first-order valence-electron chi connectivity index (χ1n) is 7.92. The van der Waals surface area contributed by atoms with E-state index in [4.69, 9.17) is 4.74 Å². The van der Waals surface area contributed by atoms with Crippen LogP contribution in [-0.2, 0) is 17.8 Å². The summed E-state index contributed by atoms with van der Waals surface area (Å²) in [7, 11) is 1.65. The SMILES string of the molecule is COc1ccc(C(C)NC(=O)C2Cc3ccccc3CN2)cc1. The lowest BCUT2D eigenvalue weighted by atomic mass is 9.95. The number of methoxy groups -OCH3 is 1. The van der Waals surface area contributed by atoms with Crippen LogP contribution in [0.25, 0.3) is 0 Å². The molecule has 0 aliphatic carbocycles. The van der Waals surface area contributed by atoms with Crippen molar-refractivity contribution in [1.29, 1.82) is 0 Å². The molecule has 0 saturated carbocycles. The molecule has 120 valence electrons. The Kier molecular flexibility index (Phi) is 4.63. The van der Waals surface area contributed by atoms with Crippen LogP contribution in [0.1, 0.15) is 29.7 Å². The van der Waals surface area contributed by atoms with Crippen LogP contribution in [0.2, 0.25) is 0 Å². The van der Waals surface area contributed by atoms with Gasteiger partial charge in [-0.2, -0.15) is 0 Å². The van der Waals surface area contributed by atoms with E-state index < -0.39 is 0 Å². The Morgan fingerprint density at radius 2 is 1.87 bits per heavy atom. The summed E-state index contributed by atoms with van der Waals surface area (Å²) >= 11 is 0. The summed E-state index contributed by atoms with van der Waals surface area (Å²) in [6.45, 7) is 2.74. The zero-order valence-electron chi connectivity index (χ0n) is 13.5. The zero-order chi connectivity index (χ0) is 16.2. The van der Waals surface area contributed by atoms with E-state index in [1.54, 1.807) is 7.11 Å². The van der Waals surface area contributed by atoms with Gasteiger partial charge in [0, 0.05) is 6.54 Å². The van der Waals surface area contributed by atoms with Gasteiger partial charge in [0.1, 0.15) is 5.75 Å². The molecule has 0 aromatic heterocycles. The monoisotopic (exact) mass is 310 g/mol. The molecular weight excluding hydrogens is 288 g/mol. The molecular formula is C19H22N2O2. The topological polar surface area (TPSA) is 50.4 Å². The highest BCUT2D eigenvalue weighted by Gasteiger charge is 2.24. The van der Waals surface area contributed by atoms with E-state index in [1.165, 1.54) is 11.1 Å². The number of benzene rings is 2. The maximum absolute atomic E-state index is 12.5. The molecule has 1 aliphatic rings. The average Bonchev–Trinajstić information content (AvgIpc) is 2.61. The summed E-state index contributed by atoms with van der Waals surface area (Å²) in [5, 5.41) is 6.41. The Labute approximate surface area is 136 Å². The smallest absolute Gasteiger partial charge is 0.237 e. The van der Waals surface area contributed by atoms with Crippen LogP contribution >= 0.6 is 0 Å². The molecule has 0 bridgehead atoms. The highest BCUT2D eigenvalue weighted by atomic mass is 16.5. The molecule has 0 spiro atoms. The van der Waals surface area contributed by atoms with E-state index in [9.17, 15) is 4.79 Å². The van der Waals surface area contributed by atoms with Gasteiger partial charge in [0.25, 0.3) is 0 Å². The highest BCUT2D eigenvalue weighted by molar-refractivity contribution is 5.82. The van der Waals surface area contributed by atoms with E-state index in [0.29, 0.717) is 0 Å². The van der Waals surface area contributed by atoms with Gasteiger partial charge in [-0.1, -0.05) is 36.4 Å². The van der Waals surface area contributed by atoms with Crippen molar-refractivity contribution in [2.24, 2.45) is 0 Å². The molecule has 4 heteroatoms. The Hall–Kier alpha value is -2.33. The van der Waals surface area contributed by atoms with Crippen molar-refractivity contribution in [3.8, 4) is 5.75 Å². The summed E-state index contributed by atoms with van der Waals surface area (Å²) < 4.78 is 5.16. The summed E-state index contributed by atoms with van der Waals surface area (Å²) in [6, 6.07) is 15.8. The molecule has 1 amide bonds. The summed E-state index contributed by atoms with van der Waals surface area (Å²) in [6.07, 6.45) is 0.733. The lowest BCUT2D eigenvalue weighted by Crippen LogP contribution is -2.48. The number of carbonyl (C=O) groups is 1. The number of amides is 1. The fraction of sp³-hybridized carbons (Fsp3) is 0.316. The molecule has 0 radical (unpaired) electrons. The van der Waals surface area contributed by atoms with Gasteiger partial charge in [-0.15, -0.1) is 0 Å². The van der Waals surface area contributed by atoms with E-state index in [2.05, 4.69) is 22.8 Å². The van der Waals surface area contributed by atoms with Gasteiger partial charge in [0.05, 0.1) is 19.2 Å². The number of nitrogens with one attached hydrogen (secondary N) is 2. The van der Waals surface area contributed by atoms with Crippen molar-refractivity contribution in [3.63, 3.8) is 0 Å². The Morgan fingerprint density at radius 1 is 1.17 bits per heavy atom. The van der Waals surface area contributed by atoms with Crippen LogP contribution in [0.3, 0.4) is 0 Å². The molecule has 2 aromatic carbocycles. The molecule has 2 atom stereocenters. The number of hydrogen-bond acceptors (Lipinski definition) is 3. The van der Waals surface area contributed by atoms with Crippen LogP contribution in [0.15, 0.2) is 48.5 Å². The van der Waals surface area contributed by atoms with E-state index in [0.717, 1.165) is 24.3 Å². The first-order valence-corrected chi connectivity index (χ1v) is 7.92. The zero-order valence-corrected chi connectivity index (χ0v) is 13.5. The third kappa shape index (κ3) is 3.54. The predicted molar refractivity (Wildman–Crippen MR) is 90.3 cm³/mol. The maximum Gasteiger partial charge on any atom is 0.237 e. The van der Waals surface area contributed by atoms with E-state index in [1.807, 2.05) is 43.3 Å².